The van der Waals surface area contributed by atoms with Crippen LogP contribution in [0, 0.1) is 0 Å². The van der Waals surface area contributed by atoms with Gasteiger partial charge in [-0.15, -0.1) is 0 Å². The van der Waals surface area contributed by atoms with Crippen molar-refractivity contribution in [2.75, 3.05) is 30.1 Å². The van der Waals surface area contributed by atoms with Gasteiger partial charge in [-0.25, -0.2) is 9.78 Å². The quantitative estimate of drug-likeness (QED) is 0.154. The number of anilines is 2. The Labute approximate surface area is 275 Å². The van der Waals surface area contributed by atoms with Gasteiger partial charge >= 0.3 is 6.09 Å². The predicted molar refractivity (Wildman–Crippen MR) is 182 cm³/mol. The van der Waals surface area contributed by atoms with Crippen molar-refractivity contribution in [3.8, 4) is 16.9 Å². The number of benzene rings is 3. The molecule has 2 atom stereocenters. The van der Waals surface area contributed by atoms with Crippen LogP contribution in [0.5, 0.6) is 5.75 Å². The van der Waals surface area contributed by atoms with Gasteiger partial charge in [-0.3, -0.25) is 4.90 Å². The maximum Gasteiger partial charge on any atom is 0.415 e. The third-order valence-corrected chi connectivity index (χ3v) is 8.08. The zero-order valence-corrected chi connectivity index (χ0v) is 27.2. The summed E-state index contributed by atoms with van der Waals surface area (Å²) in [6.07, 6.45) is 5.00. The lowest BCUT2D eigenvalue weighted by Gasteiger charge is -2.45. The van der Waals surface area contributed by atoms with Crippen molar-refractivity contribution >= 4 is 17.6 Å². The standard InChI is InChI=1S/C38H40N4O5/c1-38(2,3)47-37(43)42-25-34(41(36-33(42)14-9-20-39-36)24-28-15-17-32(44-4)18-16-28)35(29-11-6-5-7-12-29)45-21-19-27-10-8-13-30(22-27)31-23-40-46-26-31/h5-18,20,22-23,26,34-35H,19,21,24-25H2,1-4H3/t34-,35-/m1/s1. The first-order chi connectivity index (χ1) is 22.8. The van der Waals surface area contributed by atoms with Crippen LogP contribution in [0.25, 0.3) is 11.1 Å². The molecule has 0 spiro atoms. The molecule has 5 aromatic rings. The molecule has 2 aromatic heterocycles. The molecule has 0 saturated heterocycles. The Morgan fingerprint density at radius 1 is 0.957 bits per heavy atom. The number of nitrogens with zero attached hydrogens (tertiary/aromatic N) is 4. The number of fused-ring (bicyclic) bond motifs is 1. The molecule has 1 aliphatic heterocycles. The van der Waals surface area contributed by atoms with E-state index >= 15 is 0 Å². The molecule has 0 radical (unpaired) electrons. The molecule has 242 valence electrons. The van der Waals surface area contributed by atoms with E-state index in [9.17, 15) is 4.79 Å². The molecule has 0 bridgehead atoms. The number of aromatic nitrogens is 2. The molecule has 3 heterocycles. The number of pyridine rings is 1. The molecular weight excluding hydrogens is 592 g/mol. The van der Waals surface area contributed by atoms with Gasteiger partial charge in [-0.2, -0.15) is 0 Å². The molecule has 9 nitrogen and oxygen atoms in total. The maximum atomic E-state index is 13.7. The molecule has 9 heteroatoms. The number of ether oxygens (including phenoxy) is 3. The highest BCUT2D eigenvalue weighted by Crippen LogP contribution is 2.40. The van der Waals surface area contributed by atoms with E-state index in [1.54, 1.807) is 30.7 Å². The van der Waals surface area contributed by atoms with E-state index in [1.165, 1.54) is 0 Å². The van der Waals surface area contributed by atoms with Gasteiger partial charge in [-0.1, -0.05) is 71.9 Å². The fraction of sp³-hybridized carbons (Fsp3) is 0.289. The van der Waals surface area contributed by atoms with E-state index in [4.69, 9.17) is 23.7 Å². The van der Waals surface area contributed by atoms with Crippen molar-refractivity contribution in [1.82, 2.24) is 10.1 Å². The largest absolute Gasteiger partial charge is 0.497 e. The van der Waals surface area contributed by atoms with Gasteiger partial charge in [-0.05, 0) is 73.7 Å². The second-order valence-electron chi connectivity index (χ2n) is 12.5. The van der Waals surface area contributed by atoms with Gasteiger partial charge in [0.15, 0.2) is 5.82 Å². The number of rotatable bonds is 10. The van der Waals surface area contributed by atoms with E-state index in [0.717, 1.165) is 33.6 Å². The minimum Gasteiger partial charge on any atom is -0.497 e. The second-order valence-corrected chi connectivity index (χ2v) is 12.5. The molecule has 1 amide bonds. The number of amides is 1. The van der Waals surface area contributed by atoms with E-state index in [0.29, 0.717) is 37.6 Å². The molecule has 0 unspecified atom stereocenters. The van der Waals surface area contributed by atoms with Crippen molar-refractivity contribution < 1.29 is 23.5 Å². The molecule has 0 N–H and O–H groups in total. The lowest BCUT2D eigenvalue weighted by Crippen LogP contribution is -2.54. The highest BCUT2D eigenvalue weighted by Gasteiger charge is 2.41. The van der Waals surface area contributed by atoms with Crippen LogP contribution in [-0.2, 0) is 22.4 Å². The van der Waals surface area contributed by atoms with Gasteiger partial charge in [0.25, 0.3) is 0 Å². The lowest BCUT2D eigenvalue weighted by molar-refractivity contribution is 0.0312. The summed E-state index contributed by atoms with van der Waals surface area (Å²) in [6.45, 7) is 6.98. The number of methoxy groups -OCH3 is 1. The van der Waals surface area contributed by atoms with Crippen LogP contribution < -0.4 is 14.5 Å². The Morgan fingerprint density at radius 3 is 2.49 bits per heavy atom. The van der Waals surface area contributed by atoms with Crippen LogP contribution in [0.3, 0.4) is 0 Å². The molecule has 3 aromatic carbocycles. The predicted octanol–water partition coefficient (Wildman–Crippen LogP) is 7.88. The number of carbonyl (C=O) groups is 1. The number of carbonyl (C=O) groups excluding carboxylic acids is 1. The second kappa shape index (κ2) is 14.1. The summed E-state index contributed by atoms with van der Waals surface area (Å²) >= 11 is 0. The SMILES string of the molecule is COc1ccc(CN2c3ncccc3N(C(=O)OC(C)(C)C)C[C@@H]2[C@H](OCCc2cccc(-c3cnoc3)c2)c2ccccc2)cc1. The van der Waals surface area contributed by atoms with Crippen molar-refractivity contribution in [2.24, 2.45) is 0 Å². The van der Waals surface area contributed by atoms with Gasteiger partial charge in [0.1, 0.15) is 23.7 Å². The minimum absolute atomic E-state index is 0.294. The Kier molecular flexibility index (Phi) is 9.54. The first kappa shape index (κ1) is 31.8. The normalized spacial score (nSPS) is 15.2. The van der Waals surface area contributed by atoms with Crippen LogP contribution in [0.2, 0.25) is 0 Å². The molecular formula is C38H40N4O5. The average Bonchev–Trinajstić information content (AvgIpc) is 3.63. The molecule has 1 aliphatic rings. The highest BCUT2D eigenvalue weighted by molar-refractivity contribution is 5.93. The summed E-state index contributed by atoms with van der Waals surface area (Å²) in [7, 11) is 1.66. The zero-order valence-electron chi connectivity index (χ0n) is 27.2. The highest BCUT2D eigenvalue weighted by atomic mass is 16.6. The van der Waals surface area contributed by atoms with Gasteiger partial charge < -0.3 is 23.6 Å². The summed E-state index contributed by atoms with van der Waals surface area (Å²) < 4.78 is 23.2. The summed E-state index contributed by atoms with van der Waals surface area (Å²) in [4.78, 5) is 22.5. The van der Waals surface area contributed by atoms with Gasteiger partial charge in [0, 0.05) is 18.3 Å². The molecule has 0 fully saturated rings. The summed E-state index contributed by atoms with van der Waals surface area (Å²) in [5.74, 6) is 1.48. The third-order valence-electron chi connectivity index (χ3n) is 8.08. The smallest absolute Gasteiger partial charge is 0.415 e. The molecule has 6 rings (SSSR count). The Balaban J connectivity index is 1.35. The summed E-state index contributed by atoms with van der Waals surface area (Å²) in [6, 6.07) is 30.0. The maximum absolute atomic E-state index is 13.7. The van der Waals surface area contributed by atoms with Crippen molar-refractivity contribution in [3.05, 3.63) is 126 Å². The summed E-state index contributed by atoms with van der Waals surface area (Å²) in [5, 5.41) is 3.85. The first-order valence-electron chi connectivity index (χ1n) is 15.8. The van der Waals surface area contributed by atoms with Crippen molar-refractivity contribution in [2.45, 2.75) is 51.5 Å². The molecule has 0 saturated carbocycles. The average molecular weight is 633 g/mol. The molecule has 0 aliphatic carbocycles. The lowest BCUT2D eigenvalue weighted by atomic mass is 9.96. The Bertz CT molecular complexity index is 1750. The van der Waals surface area contributed by atoms with E-state index in [2.05, 4.69) is 46.5 Å². The topological polar surface area (TPSA) is 90.2 Å². The van der Waals surface area contributed by atoms with E-state index < -0.39 is 17.8 Å². The molecule has 47 heavy (non-hydrogen) atoms. The van der Waals surface area contributed by atoms with Crippen LogP contribution in [-0.4, -0.2) is 48.1 Å². The Morgan fingerprint density at radius 2 is 1.77 bits per heavy atom. The fourth-order valence-corrected chi connectivity index (χ4v) is 5.86. The van der Waals surface area contributed by atoms with E-state index in [-0.39, 0.29) is 6.04 Å². The van der Waals surface area contributed by atoms with Gasteiger partial charge in [0.2, 0.25) is 0 Å². The third kappa shape index (κ3) is 7.64. The van der Waals surface area contributed by atoms with Crippen LogP contribution in [0.1, 0.15) is 43.6 Å². The Hall–Kier alpha value is -5.15. The zero-order chi connectivity index (χ0) is 32.8. The van der Waals surface area contributed by atoms with Crippen LogP contribution in [0.15, 0.2) is 114 Å². The number of hydrogen-bond donors (Lipinski definition) is 0. The first-order valence-corrected chi connectivity index (χ1v) is 15.8. The fourth-order valence-electron chi connectivity index (χ4n) is 5.86. The monoisotopic (exact) mass is 632 g/mol. The van der Waals surface area contributed by atoms with Crippen LogP contribution >= 0.6 is 0 Å². The minimum atomic E-state index is -0.661. The van der Waals surface area contributed by atoms with E-state index in [1.807, 2.05) is 75.4 Å². The van der Waals surface area contributed by atoms with Gasteiger partial charge in [0.05, 0.1) is 38.2 Å². The van der Waals surface area contributed by atoms with Crippen molar-refractivity contribution in [3.63, 3.8) is 0 Å². The number of hydrogen-bond acceptors (Lipinski definition) is 8. The summed E-state index contributed by atoms with van der Waals surface area (Å²) in [5.41, 5.74) is 5.23. The van der Waals surface area contributed by atoms with Crippen molar-refractivity contribution in [1.29, 1.82) is 0 Å². The van der Waals surface area contributed by atoms with Crippen LogP contribution in [0.4, 0.5) is 16.3 Å².